The molecule has 106 valence electrons. The molecule has 0 atom stereocenters. The quantitative estimate of drug-likeness (QED) is 0.875. The van der Waals surface area contributed by atoms with Crippen molar-refractivity contribution in [2.45, 2.75) is 24.7 Å². The van der Waals surface area contributed by atoms with Crippen molar-refractivity contribution < 1.29 is 8.42 Å². The third-order valence-electron chi connectivity index (χ3n) is 2.87. The van der Waals surface area contributed by atoms with Crippen molar-refractivity contribution in [3.63, 3.8) is 0 Å². The van der Waals surface area contributed by atoms with Gasteiger partial charge in [-0.3, -0.25) is 4.72 Å². The highest BCUT2D eigenvalue weighted by Gasteiger charge is 2.13. The Morgan fingerprint density at radius 2 is 1.60 bits per heavy atom. The van der Waals surface area contributed by atoms with Crippen LogP contribution in [0, 0.1) is 0 Å². The Bertz CT molecular complexity index is 664. The third-order valence-corrected chi connectivity index (χ3v) is 4.79. The maximum atomic E-state index is 12.2. The summed E-state index contributed by atoms with van der Waals surface area (Å²) in [6.07, 6.45) is 2.07. The molecule has 5 heteroatoms. The molecule has 3 nitrogen and oxygen atoms in total. The van der Waals surface area contributed by atoms with E-state index in [1.165, 1.54) is 5.56 Å². The summed E-state index contributed by atoms with van der Waals surface area (Å²) < 4.78 is 27.8. The Balaban J connectivity index is 2.17. The number of halogens is 1. The van der Waals surface area contributed by atoms with Gasteiger partial charge in [0.1, 0.15) is 0 Å². The number of hydrogen-bond donors (Lipinski definition) is 1. The van der Waals surface area contributed by atoms with Crippen molar-refractivity contribution in [3.8, 4) is 0 Å². The summed E-state index contributed by atoms with van der Waals surface area (Å²) >= 11 is 3.29. The Kier molecular flexibility index (Phi) is 4.83. The van der Waals surface area contributed by atoms with Crippen LogP contribution in [0.1, 0.15) is 18.9 Å². The molecule has 0 unspecified atom stereocenters. The zero-order valence-electron chi connectivity index (χ0n) is 11.1. The van der Waals surface area contributed by atoms with Crippen LogP contribution in [0.3, 0.4) is 0 Å². The second kappa shape index (κ2) is 6.41. The summed E-state index contributed by atoms with van der Waals surface area (Å²) in [4.78, 5) is 0.248. The molecule has 2 aromatic rings. The monoisotopic (exact) mass is 353 g/mol. The van der Waals surface area contributed by atoms with Gasteiger partial charge in [0.2, 0.25) is 0 Å². The van der Waals surface area contributed by atoms with Crippen molar-refractivity contribution in [2.75, 3.05) is 4.72 Å². The average Bonchev–Trinajstić information content (AvgIpc) is 2.41. The minimum atomic E-state index is -3.53. The fourth-order valence-corrected chi connectivity index (χ4v) is 3.18. The first-order valence-corrected chi connectivity index (χ1v) is 8.66. The van der Waals surface area contributed by atoms with E-state index in [4.69, 9.17) is 0 Å². The molecule has 0 bridgehead atoms. The first-order valence-electron chi connectivity index (χ1n) is 6.38. The third kappa shape index (κ3) is 3.84. The van der Waals surface area contributed by atoms with E-state index in [0.717, 1.165) is 17.3 Å². The molecule has 2 aromatic carbocycles. The van der Waals surface area contributed by atoms with Crippen molar-refractivity contribution >= 4 is 31.6 Å². The maximum Gasteiger partial charge on any atom is 0.261 e. The van der Waals surface area contributed by atoms with Crippen LogP contribution in [0.4, 0.5) is 5.69 Å². The van der Waals surface area contributed by atoms with E-state index >= 15 is 0 Å². The number of rotatable bonds is 5. The van der Waals surface area contributed by atoms with Crippen molar-refractivity contribution in [3.05, 3.63) is 58.6 Å². The normalized spacial score (nSPS) is 11.3. The molecule has 2 rings (SSSR count). The van der Waals surface area contributed by atoms with Crippen molar-refractivity contribution in [2.24, 2.45) is 0 Å². The Morgan fingerprint density at radius 1 is 1.00 bits per heavy atom. The molecule has 0 amide bonds. The number of benzene rings is 2. The molecule has 0 aliphatic rings. The predicted octanol–water partition coefficient (Wildman–Crippen LogP) is 4.20. The SMILES string of the molecule is CCCc1ccc(NS(=O)(=O)c2ccc(Br)cc2)cc1. The molecular weight excluding hydrogens is 338 g/mol. The molecule has 20 heavy (non-hydrogen) atoms. The smallest absolute Gasteiger partial charge is 0.261 e. The van der Waals surface area contributed by atoms with E-state index in [1.807, 2.05) is 12.1 Å². The van der Waals surface area contributed by atoms with E-state index in [2.05, 4.69) is 27.6 Å². The zero-order chi connectivity index (χ0) is 14.6. The highest BCUT2D eigenvalue weighted by Crippen LogP contribution is 2.19. The molecule has 1 N–H and O–H groups in total. The predicted molar refractivity (Wildman–Crippen MR) is 85.4 cm³/mol. The lowest BCUT2D eigenvalue weighted by molar-refractivity contribution is 0.601. The van der Waals surface area contributed by atoms with Gasteiger partial charge in [-0.15, -0.1) is 0 Å². The summed E-state index contributed by atoms with van der Waals surface area (Å²) in [6, 6.07) is 14.0. The van der Waals surface area contributed by atoms with E-state index < -0.39 is 10.0 Å². The molecule has 0 radical (unpaired) electrons. The van der Waals surface area contributed by atoms with E-state index in [-0.39, 0.29) is 4.90 Å². The van der Waals surface area contributed by atoms with E-state index in [9.17, 15) is 8.42 Å². The average molecular weight is 354 g/mol. The second-order valence-electron chi connectivity index (χ2n) is 4.51. The van der Waals surface area contributed by atoms with E-state index in [0.29, 0.717) is 5.69 Å². The minimum absolute atomic E-state index is 0.248. The molecule has 0 saturated heterocycles. The van der Waals surface area contributed by atoms with Gasteiger partial charge in [-0.1, -0.05) is 41.4 Å². The largest absolute Gasteiger partial charge is 0.280 e. The molecule has 0 aromatic heterocycles. The number of anilines is 1. The first-order chi connectivity index (χ1) is 9.51. The first kappa shape index (κ1) is 15.1. The number of sulfonamides is 1. The summed E-state index contributed by atoms with van der Waals surface area (Å²) in [5.41, 5.74) is 1.78. The van der Waals surface area contributed by atoms with Crippen LogP contribution in [-0.4, -0.2) is 8.42 Å². The van der Waals surface area contributed by atoms with Gasteiger partial charge in [0.25, 0.3) is 10.0 Å². The van der Waals surface area contributed by atoms with Gasteiger partial charge in [0, 0.05) is 10.2 Å². The lowest BCUT2D eigenvalue weighted by Crippen LogP contribution is -2.12. The van der Waals surface area contributed by atoms with Gasteiger partial charge >= 0.3 is 0 Å². The topological polar surface area (TPSA) is 46.2 Å². The Morgan fingerprint density at radius 3 is 2.15 bits per heavy atom. The van der Waals surface area contributed by atoms with Crippen LogP contribution in [0.2, 0.25) is 0 Å². The van der Waals surface area contributed by atoms with Gasteiger partial charge < -0.3 is 0 Å². The van der Waals surface area contributed by atoms with Gasteiger partial charge in [-0.25, -0.2) is 8.42 Å². The summed E-state index contributed by atoms with van der Waals surface area (Å²) in [5, 5.41) is 0. The molecule has 0 saturated carbocycles. The van der Waals surface area contributed by atoms with Gasteiger partial charge in [-0.2, -0.15) is 0 Å². The fourth-order valence-electron chi connectivity index (χ4n) is 1.86. The maximum absolute atomic E-state index is 12.2. The zero-order valence-corrected chi connectivity index (χ0v) is 13.5. The molecule has 0 heterocycles. The van der Waals surface area contributed by atoms with E-state index in [1.54, 1.807) is 36.4 Å². The second-order valence-corrected chi connectivity index (χ2v) is 7.10. The van der Waals surface area contributed by atoms with Gasteiger partial charge in [0.15, 0.2) is 0 Å². The van der Waals surface area contributed by atoms with Crippen LogP contribution in [0.5, 0.6) is 0 Å². The van der Waals surface area contributed by atoms with Crippen LogP contribution < -0.4 is 4.72 Å². The molecule has 0 spiro atoms. The van der Waals surface area contributed by atoms with Crippen LogP contribution in [0.15, 0.2) is 57.9 Å². The van der Waals surface area contributed by atoms with Crippen molar-refractivity contribution in [1.29, 1.82) is 0 Å². The molecule has 0 fully saturated rings. The standard InChI is InChI=1S/C15H16BrNO2S/c1-2-3-12-4-8-14(9-5-12)17-20(18,19)15-10-6-13(16)7-11-15/h4-11,17H,2-3H2,1H3. The van der Waals surface area contributed by atoms with Gasteiger partial charge in [-0.05, 0) is 48.4 Å². The number of aryl methyl sites for hydroxylation is 1. The Labute approximate surface area is 128 Å². The molecular formula is C15H16BrNO2S. The minimum Gasteiger partial charge on any atom is -0.280 e. The number of hydrogen-bond acceptors (Lipinski definition) is 2. The lowest BCUT2D eigenvalue weighted by Gasteiger charge is -2.09. The highest BCUT2D eigenvalue weighted by molar-refractivity contribution is 9.10. The summed E-state index contributed by atoms with van der Waals surface area (Å²) in [5.74, 6) is 0. The van der Waals surface area contributed by atoms with Crippen LogP contribution >= 0.6 is 15.9 Å². The lowest BCUT2D eigenvalue weighted by atomic mass is 10.1. The highest BCUT2D eigenvalue weighted by atomic mass is 79.9. The van der Waals surface area contributed by atoms with Crippen LogP contribution in [0.25, 0.3) is 0 Å². The fraction of sp³-hybridized carbons (Fsp3) is 0.200. The molecule has 0 aliphatic heterocycles. The summed E-state index contributed by atoms with van der Waals surface area (Å²) in [7, 11) is -3.53. The number of nitrogens with one attached hydrogen (secondary N) is 1. The van der Waals surface area contributed by atoms with Crippen LogP contribution in [-0.2, 0) is 16.4 Å². The molecule has 0 aliphatic carbocycles. The Hall–Kier alpha value is -1.33. The summed E-state index contributed by atoms with van der Waals surface area (Å²) in [6.45, 7) is 2.12. The van der Waals surface area contributed by atoms with Gasteiger partial charge in [0.05, 0.1) is 4.90 Å². The van der Waals surface area contributed by atoms with Crippen molar-refractivity contribution in [1.82, 2.24) is 0 Å².